The Morgan fingerprint density at radius 1 is 1.19 bits per heavy atom. The molecule has 21 heavy (non-hydrogen) atoms. The summed E-state index contributed by atoms with van der Waals surface area (Å²) in [6, 6.07) is 1.46. The van der Waals surface area contributed by atoms with Crippen LogP contribution < -0.4 is 5.01 Å². The molecule has 2 aromatic rings. The molecule has 0 saturated heterocycles. The average molecular weight is 294 g/mol. The van der Waals surface area contributed by atoms with Gasteiger partial charge in [0.05, 0.1) is 24.0 Å². The molecule has 0 atom stereocenters. The number of hydrogen-bond acceptors (Lipinski definition) is 3. The first-order chi connectivity index (χ1) is 9.95. The summed E-state index contributed by atoms with van der Waals surface area (Å²) < 4.78 is 40.9. The second-order valence-corrected chi connectivity index (χ2v) is 4.56. The number of halogens is 3. The van der Waals surface area contributed by atoms with E-state index in [1.54, 1.807) is 17.9 Å². The highest BCUT2D eigenvalue weighted by Crippen LogP contribution is 2.26. The number of hydrogen-bond donors (Lipinski definition) is 0. The highest BCUT2D eigenvalue weighted by molar-refractivity contribution is 6.19. The SMILES string of the molecule is Cn1cc(C2=NN(c3cc(F)c(F)c(F)c3)C(=O)C2)cn1. The summed E-state index contributed by atoms with van der Waals surface area (Å²) in [5.41, 5.74) is 0.907. The van der Waals surface area contributed by atoms with Crippen molar-refractivity contribution < 1.29 is 18.0 Å². The first-order valence-corrected chi connectivity index (χ1v) is 5.99. The van der Waals surface area contributed by atoms with Gasteiger partial charge < -0.3 is 0 Å². The number of amides is 1. The van der Waals surface area contributed by atoms with Gasteiger partial charge in [0, 0.05) is 30.9 Å². The lowest BCUT2D eigenvalue weighted by atomic mass is 10.1. The van der Waals surface area contributed by atoms with Crippen LogP contribution in [-0.4, -0.2) is 21.4 Å². The highest BCUT2D eigenvalue weighted by Gasteiger charge is 2.28. The monoisotopic (exact) mass is 294 g/mol. The zero-order valence-electron chi connectivity index (χ0n) is 10.8. The first-order valence-electron chi connectivity index (χ1n) is 5.99. The Hall–Kier alpha value is -2.64. The number of carbonyl (C=O) groups excluding carboxylic acids is 1. The van der Waals surface area contributed by atoms with Gasteiger partial charge in [0.25, 0.3) is 5.91 Å². The summed E-state index contributed by atoms with van der Waals surface area (Å²) in [5, 5.41) is 8.84. The number of aryl methyl sites for hydroxylation is 1. The van der Waals surface area contributed by atoms with E-state index < -0.39 is 23.4 Å². The summed E-state index contributed by atoms with van der Waals surface area (Å²) in [7, 11) is 1.71. The Labute approximate surface area is 117 Å². The van der Waals surface area contributed by atoms with E-state index in [1.165, 1.54) is 6.20 Å². The van der Waals surface area contributed by atoms with Crippen molar-refractivity contribution in [2.75, 3.05) is 5.01 Å². The van der Waals surface area contributed by atoms with Gasteiger partial charge in [-0.3, -0.25) is 9.48 Å². The largest absolute Gasteiger partial charge is 0.275 e. The summed E-state index contributed by atoms with van der Waals surface area (Å²) in [6.07, 6.45) is 3.18. The number of benzene rings is 1. The Kier molecular flexibility index (Phi) is 3.00. The third kappa shape index (κ3) is 2.28. The van der Waals surface area contributed by atoms with Gasteiger partial charge in [-0.1, -0.05) is 0 Å². The smallest absolute Gasteiger partial charge is 0.253 e. The number of nitrogens with zero attached hydrogens (tertiary/aromatic N) is 4. The van der Waals surface area contributed by atoms with E-state index in [0.29, 0.717) is 11.3 Å². The lowest BCUT2D eigenvalue weighted by Crippen LogP contribution is -2.20. The van der Waals surface area contributed by atoms with E-state index in [0.717, 1.165) is 17.1 Å². The van der Waals surface area contributed by atoms with Crippen molar-refractivity contribution in [2.24, 2.45) is 12.1 Å². The number of aromatic nitrogens is 2. The molecule has 0 N–H and O–H groups in total. The molecule has 2 heterocycles. The molecule has 8 heteroatoms. The van der Waals surface area contributed by atoms with E-state index >= 15 is 0 Å². The topological polar surface area (TPSA) is 50.5 Å². The van der Waals surface area contributed by atoms with Crippen LogP contribution in [0.1, 0.15) is 12.0 Å². The van der Waals surface area contributed by atoms with E-state index in [4.69, 9.17) is 0 Å². The molecule has 1 aromatic carbocycles. The van der Waals surface area contributed by atoms with Crippen LogP contribution in [0.15, 0.2) is 29.6 Å². The summed E-state index contributed by atoms with van der Waals surface area (Å²) in [4.78, 5) is 11.9. The standard InChI is InChI=1S/C13H9F3N4O/c1-19-6-7(5-17-19)11-4-12(21)20(18-11)8-2-9(14)13(16)10(15)3-8/h2-3,5-6H,4H2,1H3. The van der Waals surface area contributed by atoms with E-state index in [1.807, 2.05) is 0 Å². The van der Waals surface area contributed by atoms with Gasteiger partial charge in [0.1, 0.15) is 0 Å². The fraction of sp³-hybridized carbons (Fsp3) is 0.154. The lowest BCUT2D eigenvalue weighted by molar-refractivity contribution is -0.116. The van der Waals surface area contributed by atoms with E-state index in [2.05, 4.69) is 10.2 Å². The predicted molar refractivity (Wildman–Crippen MR) is 68.2 cm³/mol. The van der Waals surface area contributed by atoms with Crippen molar-refractivity contribution in [3.8, 4) is 0 Å². The highest BCUT2D eigenvalue weighted by atomic mass is 19.2. The van der Waals surface area contributed by atoms with Crippen molar-refractivity contribution in [3.63, 3.8) is 0 Å². The molecule has 0 fully saturated rings. The fourth-order valence-electron chi connectivity index (χ4n) is 2.03. The fourth-order valence-corrected chi connectivity index (χ4v) is 2.03. The molecular weight excluding hydrogens is 285 g/mol. The molecule has 0 spiro atoms. The zero-order chi connectivity index (χ0) is 15.1. The molecule has 5 nitrogen and oxygen atoms in total. The van der Waals surface area contributed by atoms with E-state index in [-0.39, 0.29) is 12.1 Å². The van der Waals surface area contributed by atoms with Crippen molar-refractivity contribution in [2.45, 2.75) is 6.42 Å². The molecule has 108 valence electrons. The number of hydrazone groups is 1. The van der Waals surface area contributed by atoms with Gasteiger partial charge in [-0.25, -0.2) is 13.2 Å². The van der Waals surface area contributed by atoms with Crippen LogP contribution in [0.4, 0.5) is 18.9 Å². The van der Waals surface area contributed by atoms with Gasteiger partial charge in [0.15, 0.2) is 17.5 Å². The molecule has 1 amide bonds. The molecule has 1 aromatic heterocycles. The maximum atomic E-state index is 13.2. The molecular formula is C13H9F3N4O. The Morgan fingerprint density at radius 2 is 1.86 bits per heavy atom. The van der Waals surface area contributed by atoms with Gasteiger partial charge >= 0.3 is 0 Å². The predicted octanol–water partition coefficient (Wildman–Crippen LogP) is 1.98. The lowest BCUT2D eigenvalue weighted by Gasteiger charge is -2.11. The van der Waals surface area contributed by atoms with Crippen LogP contribution in [0.2, 0.25) is 0 Å². The van der Waals surface area contributed by atoms with Gasteiger partial charge in [0.2, 0.25) is 0 Å². The van der Waals surface area contributed by atoms with Crippen LogP contribution in [0.25, 0.3) is 0 Å². The summed E-state index contributed by atoms with van der Waals surface area (Å²) >= 11 is 0. The molecule has 0 saturated carbocycles. The molecule has 3 rings (SSSR count). The second-order valence-electron chi connectivity index (χ2n) is 4.56. The van der Waals surface area contributed by atoms with Crippen LogP contribution in [0.3, 0.4) is 0 Å². The molecule has 0 aliphatic carbocycles. The van der Waals surface area contributed by atoms with Gasteiger partial charge in [-0.15, -0.1) is 0 Å². The normalized spacial score (nSPS) is 14.8. The summed E-state index contributed by atoms with van der Waals surface area (Å²) in [6.45, 7) is 0. The quantitative estimate of drug-likeness (QED) is 0.795. The number of anilines is 1. The zero-order valence-corrected chi connectivity index (χ0v) is 10.8. The van der Waals surface area contributed by atoms with Crippen molar-refractivity contribution >= 4 is 17.3 Å². The van der Waals surface area contributed by atoms with Crippen molar-refractivity contribution in [3.05, 3.63) is 47.5 Å². The molecule has 0 radical (unpaired) electrons. The van der Waals surface area contributed by atoms with Crippen LogP contribution in [-0.2, 0) is 11.8 Å². The average Bonchev–Trinajstić information content (AvgIpc) is 3.01. The minimum atomic E-state index is -1.58. The minimum Gasteiger partial charge on any atom is -0.275 e. The van der Waals surface area contributed by atoms with Crippen LogP contribution in [0.5, 0.6) is 0 Å². The second kappa shape index (κ2) is 4.72. The molecule has 0 bridgehead atoms. The van der Waals surface area contributed by atoms with Gasteiger partial charge in [-0.2, -0.15) is 15.2 Å². The molecule has 0 unspecified atom stereocenters. The summed E-state index contributed by atoms with van der Waals surface area (Å²) in [5.74, 6) is -4.79. The molecule has 1 aliphatic heterocycles. The molecule has 1 aliphatic rings. The maximum Gasteiger partial charge on any atom is 0.253 e. The van der Waals surface area contributed by atoms with Crippen LogP contribution >= 0.6 is 0 Å². The van der Waals surface area contributed by atoms with Crippen molar-refractivity contribution in [1.82, 2.24) is 9.78 Å². The Morgan fingerprint density at radius 3 is 2.43 bits per heavy atom. The third-order valence-corrected chi connectivity index (χ3v) is 3.03. The minimum absolute atomic E-state index is 0.0215. The Bertz CT molecular complexity index is 746. The van der Waals surface area contributed by atoms with E-state index in [9.17, 15) is 18.0 Å². The number of rotatable bonds is 2. The number of carbonyl (C=O) groups is 1. The Balaban J connectivity index is 1.99. The maximum absolute atomic E-state index is 13.2. The van der Waals surface area contributed by atoms with Crippen LogP contribution in [0, 0.1) is 17.5 Å². The van der Waals surface area contributed by atoms with Gasteiger partial charge in [-0.05, 0) is 0 Å². The third-order valence-electron chi connectivity index (χ3n) is 3.03. The first kappa shape index (κ1) is 13.3. The van der Waals surface area contributed by atoms with Crippen molar-refractivity contribution in [1.29, 1.82) is 0 Å².